The molecule has 0 bridgehead atoms. The van der Waals surface area contributed by atoms with E-state index in [-0.39, 0.29) is 24.1 Å². The van der Waals surface area contributed by atoms with E-state index < -0.39 is 10.0 Å². The van der Waals surface area contributed by atoms with Crippen LogP contribution in [0.5, 0.6) is 0 Å². The van der Waals surface area contributed by atoms with Crippen LogP contribution >= 0.6 is 12.4 Å². The highest BCUT2D eigenvalue weighted by molar-refractivity contribution is 7.92. The molecule has 8 heteroatoms. The topological polar surface area (TPSA) is 87.3 Å². The Labute approximate surface area is 138 Å². The van der Waals surface area contributed by atoms with Crippen molar-refractivity contribution in [2.45, 2.75) is 20.3 Å². The van der Waals surface area contributed by atoms with Gasteiger partial charge in [-0.05, 0) is 31.2 Å². The van der Waals surface area contributed by atoms with Crippen LogP contribution < -0.4 is 15.4 Å². The van der Waals surface area contributed by atoms with Crippen molar-refractivity contribution >= 4 is 34.0 Å². The molecule has 0 saturated heterocycles. The SMILES string of the molecule is CCCS(=O)(=O)Nc1cccc(C(=O)NCCNCC)c1.Cl. The highest BCUT2D eigenvalue weighted by Gasteiger charge is 2.10. The lowest BCUT2D eigenvalue weighted by Gasteiger charge is -2.09. The molecule has 0 aliphatic carbocycles. The first kappa shape index (κ1) is 20.7. The molecule has 1 amide bonds. The Balaban J connectivity index is 0.00000441. The zero-order valence-corrected chi connectivity index (χ0v) is 14.5. The molecular weight excluding hydrogens is 326 g/mol. The quantitative estimate of drug-likeness (QED) is 0.591. The van der Waals surface area contributed by atoms with E-state index in [1.807, 2.05) is 6.92 Å². The summed E-state index contributed by atoms with van der Waals surface area (Å²) >= 11 is 0. The van der Waals surface area contributed by atoms with Crippen molar-refractivity contribution in [3.05, 3.63) is 29.8 Å². The average Bonchev–Trinajstić information content (AvgIpc) is 2.43. The number of hydrogen-bond donors (Lipinski definition) is 3. The van der Waals surface area contributed by atoms with Crippen LogP contribution in [0.15, 0.2) is 24.3 Å². The fourth-order valence-corrected chi connectivity index (χ4v) is 2.89. The summed E-state index contributed by atoms with van der Waals surface area (Å²) in [5.74, 6) is -0.156. The maximum Gasteiger partial charge on any atom is 0.251 e. The van der Waals surface area contributed by atoms with Crippen LogP contribution in [0.25, 0.3) is 0 Å². The number of carbonyl (C=O) groups is 1. The molecule has 0 aliphatic rings. The number of likely N-dealkylation sites (N-methyl/N-ethyl adjacent to an activating group) is 1. The van der Waals surface area contributed by atoms with Crippen molar-refractivity contribution in [2.75, 3.05) is 30.1 Å². The van der Waals surface area contributed by atoms with Gasteiger partial charge in [-0.1, -0.05) is 19.9 Å². The molecule has 1 aromatic rings. The van der Waals surface area contributed by atoms with Gasteiger partial charge in [-0.3, -0.25) is 9.52 Å². The normalized spacial score (nSPS) is 10.6. The maximum absolute atomic E-state index is 11.9. The number of rotatable bonds is 9. The minimum Gasteiger partial charge on any atom is -0.351 e. The lowest BCUT2D eigenvalue weighted by Crippen LogP contribution is -2.31. The van der Waals surface area contributed by atoms with Crippen molar-refractivity contribution in [3.8, 4) is 0 Å². The highest BCUT2D eigenvalue weighted by Crippen LogP contribution is 2.12. The Morgan fingerprint density at radius 1 is 1.18 bits per heavy atom. The second-order valence-corrected chi connectivity index (χ2v) is 6.45. The molecule has 0 saturated carbocycles. The number of hydrogen-bond acceptors (Lipinski definition) is 4. The van der Waals surface area contributed by atoms with Crippen LogP contribution in [-0.4, -0.2) is 39.7 Å². The van der Waals surface area contributed by atoms with Crippen molar-refractivity contribution in [3.63, 3.8) is 0 Å². The molecule has 6 nitrogen and oxygen atoms in total. The standard InChI is InChI=1S/C14H23N3O3S.ClH/c1-3-10-21(19,20)17-13-7-5-6-12(11-13)14(18)16-9-8-15-4-2;/h5-7,11,15,17H,3-4,8-10H2,1-2H3,(H,16,18);1H. The Kier molecular flexibility index (Phi) is 9.80. The first-order chi connectivity index (χ1) is 9.98. The molecule has 1 aromatic carbocycles. The monoisotopic (exact) mass is 349 g/mol. The van der Waals surface area contributed by atoms with Crippen LogP contribution in [0.2, 0.25) is 0 Å². The molecule has 0 radical (unpaired) electrons. The summed E-state index contributed by atoms with van der Waals surface area (Å²) in [5.41, 5.74) is 0.839. The Hall–Kier alpha value is -1.31. The van der Waals surface area contributed by atoms with Gasteiger partial charge in [0, 0.05) is 24.3 Å². The van der Waals surface area contributed by atoms with Crippen molar-refractivity contribution < 1.29 is 13.2 Å². The summed E-state index contributed by atoms with van der Waals surface area (Å²) in [7, 11) is -3.34. The lowest BCUT2D eigenvalue weighted by atomic mass is 10.2. The number of anilines is 1. The van der Waals surface area contributed by atoms with Gasteiger partial charge in [-0.25, -0.2) is 8.42 Å². The largest absolute Gasteiger partial charge is 0.351 e. The zero-order valence-electron chi connectivity index (χ0n) is 12.9. The summed E-state index contributed by atoms with van der Waals surface area (Å²) in [4.78, 5) is 11.9. The molecule has 22 heavy (non-hydrogen) atoms. The molecule has 0 spiro atoms. The second kappa shape index (κ2) is 10.4. The van der Waals surface area contributed by atoms with Gasteiger partial charge in [0.05, 0.1) is 5.75 Å². The first-order valence-electron chi connectivity index (χ1n) is 7.08. The van der Waals surface area contributed by atoms with Gasteiger partial charge in [0.2, 0.25) is 10.0 Å². The molecule has 0 unspecified atom stereocenters. The minimum absolute atomic E-state index is 0. The van der Waals surface area contributed by atoms with Crippen LogP contribution in [0, 0.1) is 0 Å². The van der Waals surface area contributed by atoms with E-state index in [1.165, 1.54) is 6.07 Å². The number of carbonyl (C=O) groups excluding carboxylic acids is 1. The van der Waals surface area contributed by atoms with Gasteiger partial charge in [-0.2, -0.15) is 0 Å². The summed E-state index contributed by atoms with van der Waals surface area (Å²) in [6.07, 6.45) is 0.542. The zero-order chi connectivity index (χ0) is 15.7. The van der Waals surface area contributed by atoms with Gasteiger partial charge in [0.15, 0.2) is 0 Å². The maximum atomic E-state index is 11.9. The molecule has 0 heterocycles. The number of benzene rings is 1. The Morgan fingerprint density at radius 2 is 1.91 bits per heavy atom. The van der Waals surface area contributed by atoms with Gasteiger partial charge in [-0.15, -0.1) is 12.4 Å². The van der Waals surface area contributed by atoms with Gasteiger partial charge >= 0.3 is 0 Å². The third-order valence-corrected chi connectivity index (χ3v) is 4.20. The summed E-state index contributed by atoms with van der Waals surface area (Å²) in [5, 5.41) is 5.88. The van der Waals surface area contributed by atoms with E-state index in [0.717, 1.165) is 6.54 Å². The van der Waals surface area contributed by atoms with Crippen LogP contribution in [0.1, 0.15) is 30.6 Å². The fraction of sp³-hybridized carbons (Fsp3) is 0.500. The predicted octanol–water partition coefficient (Wildman–Crippen LogP) is 1.60. The fourth-order valence-electron chi connectivity index (χ4n) is 1.77. The molecule has 0 atom stereocenters. The van der Waals surface area contributed by atoms with Gasteiger partial charge in [0.1, 0.15) is 0 Å². The number of nitrogens with one attached hydrogen (secondary N) is 3. The van der Waals surface area contributed by atoms with Crippen molar-refractivity contribution in [1.82, 2.24) is 10.6 Å². The average molecular weight is 350 g/mol. The molecule has 0 fully saturated rings. The molecule has 0 aliphatic heterocycles. The highest BCUT2D eigenvalue weighted by atomic mass is 35.5. The Morgan fingerprint density at radius 3 is 2.55 bits per heavy atom. The first-order valence-corrected chi connectivity index (χ1v) is 8.73. The van der Waals surface area contributed by atoms with E-state index in [2.05, 4.69) is 15.4 Å². The molecule has 126 valence electrons. The predicted molar refractivity (Wildman–Crippen MR) is 92.3 cm³/mol. The molecular formula is C14H24ClN3O3S. The van der Waals surface area contributed by atoms with Crippen molar-refractivity contribution in [1.29, 1.82) is 0 Å². The number of amides is 1. The van der Waals surface area contributed by atoms with E-state index in [1.54, 1.807) is 25.1 Å². The summed E-state index contributed by atoms with van der Waals surface area (Å²) < 4.78 is 25.9. The van der Waals surface area contributed by atoms with Crippen LogP contribution in [0.3, 0.4) is 0 Å². The molecule has 3 N–H and O–H groups in total. The number of sulfonamides is 1. The number of halogens is 1. The van der Waals surface area contributed by atoms with E-state index >= 15 is 0 Å². The van der Waals surface area contributed by atoms with Crippen LogP contribution in [0.4, 0.5) is 5.69 Å². The lowest BCUT2D eigenvalue weighted by molar-refractivity contribution is 0.0954. The van der Waals surface area contributed by atoms with E-state index in [4.69, 9.17) is 0 Å². The third-order valence-electron chi connectivity index (χ3n) is 2.71. The smallest absolute Gasteiger partial charge is 0.251 e. The second-order valence-electron chi connectivity index (χ2n) is 4.61. The van der Waals surface area contributed by atoms with Gasteiger partial charge in [0.25, 0.3) is 5.91 Å². The van der Waals surface area contributed by atoms with Crippen LogP contribution in [-0.2, 0) is 10.0 Å². The third kappa shape index (κ3) is 7.63. The summed E-state index contributed by atoms with van der Waals surface area (Å²) in [6.45, 7) is 5.87. The molecule has 0 aromatic heterocycles. The Bertz CT molecular complexity index is 564. The minimum atomic E-state index is -3.34. The summed E-state index contributed by atoms with van der Waals surface area (Å²) in [6, 6.07) is 6.47. The van der Waals surface area contributed by atoms with Crippen molar-refractivity contribution in [2.24, 2.45) is 0 Å². The van der Waals surface area contributed by atoms with Gasteiger partial charge < -0.3 is 10.6 Å². The molecule has 1 rings (SSSR count). The van der Waals surface area contributed by atoms with E-state index in [0.29, 0.717) is 30.8 Å². The van der Waals surface area contributed by atoms with E-state index in [9.17, 15) is 13.2 Å².